The Hall–Kier alpha value is -0.130. The Morgan fingerprint density at radius 1 is 1.28 bits per heavy atom. The topological polar surface area (TPSA) is 49.4 Å². The van der Waals surface area contributed by atoms with Crippen molar-refractivity contribution in [3.63, 3.8) is 0 Å². The Morgan fingerprint density at radius 3 is 2.50 bits per heavy atom. The molecule has 0 bridgehead atoms. The van der Waals surface area contributed by atoms with Gasteiger partial charge in [-0.2, -0.15) is 0 Å². The molecule has 1 saturated heterocycles. The van der Waals surface area contributed by atoms with E-state index in [9.17, 15) is 8.42 Å². The summed E-state index contributed by atoms with van der Waals surface area (Å²) in [6, 6.07) is 0.564. The van der Waals surface area contributed by atoms with Gasteiger partial charge in [-0.05, 0) is 39.5 Å². The van der Waals surface area contributed by atoms with Crippen LogP contribution in [0.5, 0.6) is 0 Å². The van der Waals surface area contributed by atoms with Gasteiger partial charge < -0.3 is 5.32 Å². The summed E-state index contributed by atoms with van der Waals surface area (Å²) in [4.78, 5) is 2.39. The highest BCUT2D eigenvalue weighted by Gasteiger charge is 2.37. The Kier molecular flexibility index (Phi) is 4.04. The highest BCUT2D eigenvalue weighted by molar-refractivity contribution is 7.92. The van der Waals surface area contributed by atoms with Gasteiger partial charge in [0.2, 0.25) is 0 Å². The average Bonchev–Trinajstić information content (AvgIpc) is 3.09. The molecule has 2 fully saturated rings. The predicted molar refractivity (Wildman–Crippen MR) is 74.5 cm³/mol. The van der Waals surface area contributed by atoms with E-state index < -0.39 is 14.6 Å². The monoisotopic (exact) mass is 274 g/mol. The minimum absolute atomic E-state index is 0.291. The highest BCUT2D eigenvalue weighted by Crippen LogP contribution is 2.35. The molecule has 1 aliphatic carbocycles. The van der Waals surface area contributed by atoms with E-state index in [4.69, 9.17) is 0 Å². The maximum atomic E-state index is 12.1. The van der Waals surface area contributed by atoms with Gasteiger partial charge in [0, 0.05) is 32.2 Å². The van der Waals surface area contributed by atoms with Crippen LogP contribution in [0.2, 0.25) is 0 Å². The first kappa shape index (κ1) is 14.3. The van der Waals surface area contributed by atoms with Gasteiger partial charge in [0.1, 0.15) is 0 Å². The average molecular weight is 274 g/mol. The summed E-state index contributed by atoms with van der Waals surface area (Å²) in [5.41, 5.74) is 0. The minimum Gasteiger partial charge on any atom is -0.314 e. The summed E-state index contributed by atoms with van der Waals surface area (Å²) in [6.45, 7) is 9.07. The minimum atomic E-state index is -2.99. The molecule has 0 spiro atoms. The lowest BCUT2D eigenvalue weighted by Gasteiger charge is -2.36. The van der Waals surface area contributed by atoms with Crippen LogP contribution in [0, 0.1) is 5.92 Å². The van der Waals surface area contributed by atoms with Crippen molar-refractivity contribution in [1.82, 2.24) is 10.2 Å². The van der Waals surface area contributed by atoms with Crippen LogP contribution in [0.15, 0.2) is 0 Å². The van der Waals surface area contributed by atoms with Crippen molar-refractivity contribution in [3.8, 4) is 0 Å². The molecule has 4 nitrogen and oxygen atoms in total. The first-order chi connectivity index (χ1) is 8.31. The molecule has 18 heavy (non-hydrogen) atoms. The summed E-state index contributed by atoms with van der Waals surface area (Å²) in [6.07, 6.45) is 2.63. The van der Waals surface area contributed by atoms with Crippen molar-refractivity contribution < 1.29 is 8.42 Å². The quantitative estimate of drug-likeness (QED) is 0.827. The molecule has 0 aromatic carbocycles. The Morgan fingerprint density at radius 2 is 1.94 bits per heavy atom. The second-order valence-corrected chi connectivity index (χ2v) is 9.44. The van der Waals surface area contributed by atoms with Gasteiger partial charge in [0.05, 0.1) is 10.5 Å². The molecule has 1 unspecified atom stereocenters. The third-order valence-electron chi connectivity index (χ3n) is 4.14. The number of rotatable bonds is 4. The van der Waals surface area contributed by atoms with Crippen LogP contribution in [0.3, 0.4) is 0 Å². The zero-order chi connectivity index (χ0) is 13.4. The van der Waals surface area contributed by atoms with E-state index in [2.05, 4.69) is 10.2 Å². The molecule has 1 heterocycles. The molecule has 106 valence electrons. The lowest BCUT2D eigenvalue weighted by atomic mass is 10.1. The van der Waals surface area contributed by atoms with Gasteiger partial charge in [0.25, 0.3) is 0 Å². The van der Waals surface area contributed by atoms with Gasteiger partial charge in [-0.15, -0.1) is 0 Å². The van der Waals surface area contributed by atoms with Crippen molar-refractivity contribution >= 4 is 9.84 Å². The van der Waals surface area contributed by atoms with E-state index in [-0.39, 0.29) is 0 Å². The van der Waals surface area contributed by atoms with Crippen LogP contribution >= 0.6 is 0 Å². The normalized spacial score (nSPS) is 27.4. The standard InChI is InChI=1S/C13H26N2O2S/c1-13(2,3)18(16,17)9-8-15-7-6-14-10-12(15)11-4-5-11/h11-12,14H,4-10H2,1-3H3. The van der Waals surface area contributed by atoms with Crippen molar-refractivity contribution in [1.29, 1.82) is 0 Å². The van der Waals surface area contributed by atoms with Gasteiger partial charge in [0.15, 0.2) is 9.84 Å². The van der Waals surface area contributed by atoms with Crippen molar-refractivity contribution in [2.75, 3.05) is 31.9 Å². The first-order valence-corrected chi connectivity index (χ1v) is 8.63. The van der Waals surface area contributed by atoms with E-state index >= 15 is 0 Å². The number of hydrogen-bond acceptors (Lipinski definition) is 4. The third-order valence-corrected chi connectivity index (χ3v) is 6.73. The molecule has 2 aliphatic rings. The van der Waals surface area contributed by atoms with E-state index in [1.807, 2.05) is 0 Å². The zero-order valence-corrected chi connectivity index (χ0v) is 12.6. The summed E-state index contributed by atoms with van der Waals surface area (Å²) >= 11 is 0. The van der Waals surface area contributed by atoms with Gasteiger partial charge in [-0.1, -0.05) is 0 Å². The second kappa shape index (κ2) is 5.10. The SMILES string of the molecule is CC(C)(C)S(=O)(=O)CCN1CCNCC1C1CC1. The van der Waals surface area contributed by atoms with Crippen LogP contribution in [0.25, 0.3) is 0 Å². The summed E-state index contributed by atoms with van der Waals surface area (Å²) in [5, 5.41) is 3.42. The zero-order valence-electron chi connectivity index (χ0n) is 11.8. The summed E-state index contributed by atoms with van der Waals surface area (Å²) in [7, 11) is -2.99. The van der Waals surface area contributed by atoms with Crippen LogP contribution in [-0.4, -0.2) is 56.0 Å². The molecule has 1 aliphatic heterocycles. The lowest BCUT2D eigenvalue weighted by Crippen LogP contribution is -2.53. The van der Waals surface area contributed by atoms with Crippen LogP contribution < -0.4 is 5.32 Å². The first-order valence-electron chi connectivity index (χ1n) is 6.98. The molecular formula is C13H26N2O2S. The predicted octanol–water partition coefficient (Wildman–Crippen LogP) is 0.884. The largest absolute Gasteiger partial charge is 0.314 e. The number of piperazine rings is 1. The van der Waals surface area contributed by atoms with Crippen LogP contribution in [0.1, 0.15) is 33.6 Å². The summed E-state index contributed by atoms with van der Waals surface area (Å²) < 4.78 is 23.7. The van der Waals surface area contributed by atoms with Crippen molar-refractivity contribution in [3.05, 3.63) is 0 Å². The maximum absolute atomic E-state index is 12.1. The van der Waals surface area contributed by atoms with Crippen molar-refractivity contribution in [2.24, 2.45) is 5.92 Å². The molecule has 1 saturated carbocycles. The molecular weight excluding hydrogens is 248 g/mol. The number of nitrogens with zero attached hydrogens (tertiary/aromatic N) is 1. The fourth-order valence-corrected chi connectivity index (χ4v) is 3.62. The highest BCUT2D eigenvalue weighted by atomic mass is 32.2. The Labute approximate surface area is 111 Å². The molecule has 0 amide bonds. The lowest BCUT2D eigenvalue weighted by molar-refractivity contribution is 0.152. The molecule has 0 aromatic heterocycles. The fraction of sp³-hybridized carbons (Fsp3) is 1.00. The van der Waals surface area contributed by atoms with E-state index in [0.717, 1.165) is 25.6 Å². The molecule has 5 heteroatoms. The number of hydrogen-bond donors (Lipinski definition) is 1. The van der Waals surface area contributed by atoms with Gasteiger partial charge >= 0.3 is 0 Å². The second-order valence-electron chi connectivity index (χ2n) is 6.58. The number of nitrogens with one attached hydrogen (secondary N) is 1. The third kappa shape index (κ3) is 3.25. The smallest absolute Gasteiger partial charge is 0.156 e. The van der Waals surface area contributed by atoms with Gasteiger partial charge in [-0.3, -0.25) is 4.90 Å². The molecule has 1 atom stereocenters. The molecule has 0 radical (unpaired) electrons. The van der Waals surface area contributed by atoms with Crippen LogP contribution in [0.4, 0.5) is 0 Å². The Bertz CT molecular complexity index is 382. The van der Waals surface area contributed by atoms with E-state index in [1.54, 1.807) is 20.8 Å². The summed E-state index contributed by atoms with van der Waals surface area (Å²) in [5.74, 6) is 1.09. The molecule has 0 aromatic rings. The molecule has 1 N–H and O–H groups in total. The van der Waals surface area contributed by atoms with E-state index in [1.165, 1.54) is 12.8 Å². The molecule has 2 rings (SSSR count). The van der Waals surface area contributed by atoms with E-state index in [0.29, 0.717) is 18.3 Å². The fourth-order valence-electron chi connectivity index (χ4n) is 2.53. The van der Waals surface area contributed by atoms with Gasteiger partial charge in [-0.25, -0.2) is 8.42 Å². The number of sulfone groups is 1. The Balaban J connectivity index is 1.92. The van der Waals surface area contributed by atoms with Crippen LogP contribution in [-0.2, 0) is 9.84 Å². The maximum Gasteiger partial charge on any atom is 0.156 e. The van der Waals surface area contributed by atoms with Crippen molar-refractivity contribution in [2.45, 2.75) is 44.4 Å².